The van der Waals surface area contributed by atoms with Crippen molar-refractivity contribution < 1.29 is 13.2 Å². The van der Waals surface area contributed by atoms with E-state index >= 15 is 0 Å². The fourth-order valence-electron chi connectivity index (χ4n) is 2.48. The van der Waals surface area contributed by atoms with Crippen molar-refractivity contribution in [1.82, 2.24) is 9.21 Å². The first-order valence-corrected chi connectivity index (χ1v) is 8.90. The van der Waals surface area contributed by atoms with Crippen LogP contribution in [-0.4, -0.2) is 50.4 Å². The highest BCUT2D eigenvalue weighted by Crippen LogP contribution is 2.30. The monoisotopic (exact) mass is 326 g/mol. The minimum absolute atomic E-state index is 0.147. The first-order chi connectivity index (χ1) is 10.1. The lowest BCUT2D eigenvalue weighted by molar-refractivity contribution is -0.130. The molecule has 0 N–H and O–H groups in total. The van der Waals surface area contributed by atoms with Crippen molar-refractivity contribution in [2.45, 2.75) is 26.8 Å². The molecule has 1 rings (SSSR count). The molecule has 1 atom stereocenters. The Kier molecular flexibility index (Phi) is 6.14. The van der Waals surface area contributed by atoms with Gasteiger partial charge in [-0.15, -0.1) is 0 Å². The van der Waals surface area contributed by atoms with Crippen LogP contribution in [0.3, 0.4) is 0 Å². The van der Waals surface area contributed by atoms with Crippen molar-refractivity contribution in [2.24, 2.45) is 5.92 Å². The number of nitrogens with zero attached hydrogens (tertiary/aromatic N) is 2. The SMILES string of the molecule is Cc1ccccc1[C@H](C(C)C)N(C)C(=O)CS(=O)(=O)N(C)C. The molecular weight excluding hydrogens is 300 g/mol. The lowest BCUT2D eigenvalue weighted by Gasteiger charge is -2.33. The van der Waals surface area contributed by atoms with Gasteiger partial charge in [-0.05, 0) is 24.0 Å². The van der Waals surface area contributed by atoms with Crippen LogP contribution in [-0.2, 0) is 14.8 Å². The van der Waals surface area contributed by atoms with E-state index in [9.17, 15) is 13.2 Å². The molecule has 0 spiro atoms. The maximum Gasteiger partial charge on any atom is 0.239 e. The zero-order valence-electron chi connectivity index (χ0n) is 14.2. The van der Waals surface area contributed by atoms with E-state index in [4.69, 9.17) is 0 Å². The lowest BCUT2D eigenvalue weighted by Crippen LogP contribution is -2.40. The summed E-state index contributed by atoms with van der Waals surface area (Å²) in [5.41, 5.74) is 2.15. The van der Waals surface area contributed by atoms with Crippen LogP contribution in [0.4, 0.5) is 0 Å². The molecule has 0 heterocycles. The van der Waals surface area contributed by atoms with E-state index in [0.29, 0.717) is 0 Å². The van der Waals surface area contributed by atoms with E-state index in [0.717, 1.165) is 15.4 Å². The smallest absolute Gasteiger partial charge is 0.239 e. The minimum Gasteiger partial charge on any atom is -0.338 e. The molecule has 0 aromatic heterocycles. The fraction of sp³-hybridized carbons (Fsp3) is 0.562. The second-order valence-electron chi connectivity index (χ2n) is 6.09. The van der Waals surface area contributed by atoms with Crippen molar-refractivity contribution in [3.63, 3.8) is 0 Å². The molecule has 1 amide bonds. The minimum atomic E-state index is -3.55. The summed E-state index contributed by atoms with van der Waals surface area (Å²) in [5.74, 6) is -0.723. The van der Waals surface area contributed by atoms with E-state index in [2.05, 4.69) is 0 Å². The van der Waals surface area contributed by atoms with Gasteiger partial charge in [0.15, 0.2) is 0 Å². The second-order valence-corrected chi connectivity index (χ2v) is 8.27. The van der Waals surface area contributed by atoms with Gasteiger partial charge in [0.25, 0.3) is 0 Å². The quantitative estimate of drug-likeness (QED) is 0.804. The van der Waals surface area contributed by atoms with Crippen molar-refractivity contribution >= 4 is 15.9 Å². The summed E-state index contributed by atoms with van der Waals surface area (Å²) < 4.78 is 24.9. The zero-order chi connectivity index (χ0) is 17.1. The van der Waals surface area contributed by atoms with Gasteiger partial charge in [0, 0.05) is 21.1 Å². The van der Waals surface area contributed by atoms with E-state index in [1.54, 1.807) is 11.9 Å². The molecule has 0 fully saturated rings. The number of hydrogen-bond acceptors (Lipinski definition) is 3. The summed E-state index contributed by atoms with van der Waals surface area (Å²) in [5, 5.41) is 0. The molecule has 0 saturated carbocycles. The zero-order valence-corrected chi connectivity index (χ0v) is 15.0. The molecule has 0 bridgehead atoms. The third-order valence-corrected chi connectivity index (χ3v) is 5.54. The fourth-order valence-corrected chi connectivity index (χ4v) is 3.25. The standard InChI is InChI=1S/C16H26N2O3S/c1-12(2)16(14-10-8-7-9-13(14)3)18(6)15(19)11-22(20,21)17(4)5/h7-10,12,16H,11H2,1-6H3/t16-/m0/s1. The molecule has 6 heteroatoms. The highest BCUT2D eigenvalue weighted by molar-refractivity contribution is 7.89. The number of sulfonamides is 1. The van der Waals surface area contributed by atoms with Crippen LogP contribution in [0, 0.1) is 12.8 Å². The van der Waals surface area contributed by atoms with Gasteiger partial charge < -0.3 is 4.90 Å². The average molecular weight is 326 g/mol. The van der Waals surface area contributed by atoms with Crippen LogP contribution < -0.4 is 0 Å². The Balaban J connectivity index is 3.08. The van der Waals surface area contributed by atoms with Gasteiger partial charge in [-0.25, -0.2) is 12.7 Å². The van der Waals surface area contributed by atoms with Crippen molar-refractivity contribution in [3.05, 3.63) is 35.4 Å². The normalized spacial score (nSPS) is 13.5. The molecule has 1 aromatic rings. The maximum absolute atomic E-state index is 12.4. The molecule has 0 radical (unpaired) electrons. The highest BCUT2D eigenvalue weighted by Gasteiger charge is 2.29. The van der Waals surface area contributed by atoms with Gasteiger partial charge in [-0.1, -0.05) is 38.1 Å². The molecule has 0 aliphatic heterocycles. The number of aryl methyl sites for hydroxylation is 1. The molecule has 0 saturated heterocycles. The Hall–Kier alpha value is -1.40. The van der Waals surface area contributed by atoms with E-state index in [-0.39, 0.29) is 12.0 Å². The first-order valence-electron chi connectivity index (χ1n) is 7.29. The predicted molar refractivity (Wildman–Crippen MR) is 89.0 cm³/mol. The molecule has 5 nitrogen and oxygen atoms in total. The summed E-state index contributed by atoms with van der Waals surface area (Å²) >= 11 is 0. The number of benzene rings is 1. The van der Waals surface area contributed by atoms with Crippen LogP contribution in [0.25, 0.3) is 0 Å². The van der Waals surface area contributed by atoms with Crippen LogP contribution in [0.2, 0.25) is 0 Å². The molecule has 0 unspecified atom stereocenters. The van der Waals surface area contributed by atoms with Crippen LogP contribution >= 0.6 is 0 Å². The number of rotatable bonds is 6. The summed E-state index contributed by atoms with van der Waals surface area (Å²) in [6.07, 6.45) is 0. The Labute approximate surface area is 134 Å². The Morgan fingerprint density at radius 1 is 1.14 bits per heavy atom. The lowest BCUT2D eigenvalue weighted by atomic mass is 9.91. The van der Waals surface area contributed by atoms with Gasteiger partial charge in [0.05, 0.1) is 6.04 Å². The topological polar surface area (TPSA) is 57.7 Å². The van der Waals surface area contributed by atoms with Crippen LogP contribution in [0.1, 0.15) is 31.0 Å². The number of carbonyl (C=O) groups excluding carboxylic acids is 1. The van der Waals surface area contributed by atoms with Gasteiger partial charge in [-0.3, -0.25) is 4.79 Å². The van der Waals surface area contributed by atoms with Crippen LogP contribution in [0.5, 0.6) is 0 Å². The van der Waals surface area contributed by atoms with Gasteiger partial charge in [0.2, 0.25) is 15.9 Å². The number of amides is 1. The third kappa shape index (κ3) is 4.30. The van der Waals surface area contributed by atoms with Crippen molar-refractivity contribution in [2.75, 3.05) is 26.9 Å². The largest absolute Gasteiger partial charge is 0.338 e. The van der Waals surface area contributed by atoms with Crippen molar-refractivity contribution in [3.8, 4) is 0 Å². The molecule has 1 aromatic carbocycles. The highest BCUT2D eigenvalue weighted by atomic mass is 32.2. The molecule has 22 heavy (non-hydrogen) atoms. The molecule has 124 valence electrons. The van der Waals surface area contributed by atoms with E-state index < -0.39 is 21.7 Å². The Morgan fingerprint density at radius 2 is 1.68 bits per heavy atom. The number of carbonyl (C=O) groups is 1. The number of hydrogen-bond donors (Lipinski definition) is 0. The maximum atomic E-state index is 12.4. The average Bonchev–Trinajstić information content (AvgIpc) is 2.40. The molecule has 0 aliphatic rings. The first kappa shape index (κ1) is 18.6. The predicted octanol–water partition coefficient (Wildman–Crippen LogP) is 2.04. The summed E-state index contributed by atoms with van der Waals surface area (Å²) in [7, 11) is 0.988. The van der Waals surface area contributed by atoms with Crippen molar-refractivity contribution in [1.29, 1.82) is 0 Å². The van der Waals surface area contributed by atoms with E-state index in [1.165, 1.54) is 14.1 Å². The summed E-state index contributed by atoms with van der Waals surface area (Å²) in [6.45, 7) is 6.06. The molecule has 0 aliphatic carbocycles. The van der Waals surface area contributed by atoms with E-state index in [1.807, 2.05) is 45.0 Å². The molecular formula is C16H26N2O3S. The Bertz CT molecular complexity index is 624. The summed E-state index contributed by atoms with van der Waals surface area (Å²) in [6, 6.07) is 7.73. The van der Waals surface area contributed by atoms with Gasteiger partial charge in [-0.2, -0.15) is 0 Å². The third-order valence-electron chi connectivity index (χ3n) is 3.81. The Morgan fingerprint density at radius 3 is 2.14 bits per heavy atom. The second kappa shape index (κ2) is 7.24. The summed E-state index contributed by atoms with van der Waals surface area (Å²) in [4.78, 5) is 14.0. The van der Waals surface area contributed by atoms with Gasteiger partial charge >= 0.3 is 0 Å². The van der Waals surface area contributed by atoms with Crippen LogP contribution in [0.15, 0.2) is 24.3 Å². The van der Waals surface area contributed by atoms with Gasteiger partial charge in [0.1, 0.15) is 5.75 Å².